The second kappa shape index (κ2) is 7.91. The average molecular weight is 377 g/mol. The summed E-state index contributed by atoms with van der Waals surface area (Å²) in [4.78, 5) is 38.5. The number of nitrogens with one attached hydrogen (secondary N) is 1. The van der Waals surface area contributed by atoms with Gasteiger partial charge >= 0.3 is 5.97 Å². The number of hydrogen-bond acceptors (Lipinski definition) is 3. The molecular weight excluding hydrogens is 356 g/mol. The number of para-hydroxylation sites is 1. The lowest BCUT2D eigenvalue weighted by Crippen LogP contribution is -2.54. The summed E-state index contributed by atoms with van der Waals surface area (Å²) in [6, 6.07) is 6.44. The van der Waals surface area contributed by atoms with E-state index in [4.69, 9.17) is 11.6 Å². The molecule has 1 fully saturated rings. The number of carboxylic acid groups (broad SMARTS) is 1. The predicted molar refractivity (Wildman–Crippen MR) is 98.0 cm³/mol. The zero-order chi connectivity index (χ0) is 18.7. The first-order chi connectivity index (χ1) is 12.5. The molecule has 2 aliphatic rings. The molecule has 0 aromatic heterocycles. The summed E-state index contributed by atoms with van der Waals surface area (Å²) in [6.45, 7) is 0.541. The van der Waals surface area contributed by atoms with Gasteiger partial charge in [-0.05, 0) is 37.8 Å². The fourth-order valence-electron chi connectivity index (χ4n) is 3.57. The topological polar surface area (TPSA) is 86.7 Å². The Morgan fingerprint density at radius 3 is 2.54 bits per heavy atom. The molecule has 1 heterocycles. The standard InChI is InChI=1S/C19H21ClN2O4/c20-14-8-3-4-10-16(14)22-11-5-9-15(18(22)24)21-17(23)12-6-1-2-7-13(12)19(25)26/h1-4,8,10,12-13,15H,5-7,9,11H2,(H,21,23)(H,25,26)/t12-,13+,15-/m1/s1. The summed E-state index contributed by atoms with van der Waals surface area (Å²) >= 11 is 6.20. The predicted octanol–water partition coefficient (Wildman–Crippen LogP) is 2.62. The molecule has 2 N–H and O–H groups in total. The maximum Gasteiger partial charge on any atom is 0.307 e. The van der Waals surface area contributed by atoms with Crippen molar-refractivity contribution in [3.63, 3.8) is 0 Å². The molecule has 26 heavy (non-hydrogen) atoms. The molecule has 1 aromatic carbocycles. The molecule has 1 aromatic rings. The van der Waals surface area contributed by atoms with E-state index in [-0.39, 0.29) is 11.8 Å². The van der Waals surface area contributed by atoms with Crippen molar-refractivity contribution in [3.05, 3.63) is 41.4 Å². The highest BCUT2D eigenvalue weighted by atomic mass is 35.5. The van der Waals surface area contributed by atoms with Crippen molar-refractivity contribution >= 4 is 35.1 Å². The van der Waals surface area contributed by atoms with Crippen molar-refractivity contribution in [2.24, 2.45) is 11.8 Å². The van der Waals surface area contributed by atoms with E-state index in [1.54, 1.807) is 29.2 Å². The van der Waals surface area contributed by atoms with Gasteiger partial charge in [0.15, 0.2) is 0 Å². The first-order valence-corrected chi connectivity index (χ1v) is 9.11. The zero-order valence-corrected chi connectivity index (χ0v) is 15.0. The largest absolute Gasteiger partial charge is 0.481 e. The maximum absolute atomic E-state index is 12.8. The molecule has 0 unspecified atom stereocenters. The third kappa shape index (κ3) is 3.75. The van der Waals surface area contributed by atoms with Gasteiger partial charge in [-0.3, -0.25) is 14.4 Å². The van der Waals surface area contributed by atoms with E-state index in [2.05, 4.69) is 5.32 Å². The van der Waals surface area contributed by atoms with Crippen LogP contribution in [0.4, 0.5) is 5.69 Å². The minimum atomic E-state index is -0.984. The second-order valence-corrected chi connectivity index (χ2v) is 7.05. The van der Waals surface area contributed by atoms with Crippen LogP contribution in [0.5, 0.6) is 0 Å². The first-order valence-electron chi connectivity index (χ1n) is 8.73. The SMILES string of the molecule is O=C(O)[C@H]1CC=CC[C@H]1C(=O)N[C@@H]1CCCN(c2ccccc2Cl)C1=O. The summed E-state index contributed by atoms with van der Waals surface area (Å²) in [5.74, 6) is -2.97. The highest BCUT2D eigenvalue weighted by Gasteiger charge is 2.37. The number of piperidine rings is 1. The van der Waals surface area contributed by atoms with Crippen molar-refractivity contribution in [1.82, 2.24) is 5.32 Å². The molecule has 1 aliphatic heterocycles. The molecule has 0 bridgehead atoms. The van der Waals surface area contributed by atoms with Gasteiger partial charge in [0.2, 0.25) is 11.8 Å². The normalized spacial score (nSPS) is 25.8. The first kappa shape index (κ1) is 18.5. The minimum absolute atomic E-state index is 0.212. The van der Waals surface area contributed by atoms with E-state index < -0.39 is 23.8 Å². The second-order valence-electron chi connectivity index (χ2n) is 6.64. The highest BCUT2D eigenvalue weighted by molar-refractivity contribution is 6.33. The Balaban J connectivity index is 1.72. The van der Waals surface area contributed by atoms with Gasteiger partial charge in [-0.1, -0.05) is 35.9 Å². The third-order valence-corrected chi connectivity index (χ3v) is 5.30. The summed E-state index contributed by atoms with van der Waals surface area (Å²) in [5, 5.41) is 12.6. The third-order valence-electron chi connectivity index (χ3n) is 4.98. The van der Waals surface area contributed by atoms with Gasteiger partial charge in [0, 0.05) is 6.54 Å². The van der Waals surface area contributed by atoms with Crippen LogP contribution in [0, 0.1) is 11.8 Å². The summed E-state index contributed by atoms with van der Waals surface area (Å²) in [6.07, 6.45) is 5.58. The molecule has 3 rings (SSSR count). The van der Waals surface area contributed by atoms with E-state index in [9.17, 15) is 19.5 Å². The number of nitrogens with zero attached hydrogens (tertiary/aromatic N) is 1. The number of halogens is 1. The van der Waals surface area contributed by atoms with Gasteiger partial charge in [0.25, 0.3) is 0 Å². The molecule has 0 saturated carbocycles. The van der Waals surface area contributed by atoms with Crippen LogP contribution in [0.1, 0.15) is 25.7 Å². The van der Waals surface area contributed by atoms with E-state index in [1.807, 2.05) is 12.1 Å². The van der Waals surface area contributed by atoms with Gasteiger partial charge in [-0.15, -0.1) is 0 Å². The smallest absolute Gasteiger partial charge is 0.307 e. The quantitative estimate of drug-likeness (QED) is 0.791. The highest BCUT2D eigenvalue weighted by Crippen LogP contribution is 2.30. The Morgan fingerprint density at radius 2 is 1.85 bits per heavy atom. The van der Waals surface area contributed by atoms with Gasteiger partial charge in [-0.2, -0.15) is 0 Å². The van der Waals surface area contributed by atoms with Crippen LogP contribution >= 0.6 is 11.6 Å². The number of rotatable bonds is 4. The number of carbonyl (C=O) groups excluding carboxylic acids is 2. The Morgan fingerprint density at radius 1 is 1.15 bits per heavy atom. The Bertz CT molecular complexity index is 749. The lowest BCUT2D eigenvalue weighted by molar-refractivity contribution is -0.147. The number of amides is 2. The van der Waals surface area contributed by atoms with Crippen LogP contribution in [0.25, 0.3) is 0 Å². The molecule has 138 valence electrons. The average Bonchev–Trinajstić information content (AvgIpc) is 2.64. The Kier molecular flexibility index (Phi) is 5.61. The molecule has 1 aliphatic carbocycles. The molecule has 6 nitrogen and oxygen atoms in total. The van der Waals surface area contributed by atoms with Crippen LogP contribution < -0.4 is 10.2 Å². The lowest BCUT2D eigenvalue weighted by Gasteiger charge is -2.34. The van der Waals surface area contributed by atoms with Crippen LogP contribution in [-0.4, -0.2) is 35.5 Å². The lowest BCUT2D eigenvalue weighted by atomic mass is 9.82. The summed E-state index contributed by atoms with van der Waals surface area (Å²) in [7, 11) is 0. The van der Waals surface area contributed by atoms with Crippen molar-refractivity contribution in [2.45, 2.75) is 31.7 Å². The Hall–Kier alpha value is -2.34. The molecule has 0 spiro atoms. The number of carboxylic acids is 1. The maximum atomic E-state index is 12.8. The van der Waals surface area contributed by atoms with Crippen LogP contribution in [-0.2, 0) is 14.4 Å². The number of allylic oxidation sites excluding steroid dienone is 2. The summed E-state index contributed by atoms with van der Waals surface area (Å²) in [5.41, 5.74) is 0.627. The fourth-order valence-corrected chi connectivity index (χ4v) is 3.81. The van der Waals surface area contributed by atoms with Gasteiger partial charge in [0.1, 0.15) is 6.04 Å². The van der Waals surface area contributed by atoms with Gasteiger partial charge in [-0.25, -0.2) is 0 Å². The van der Waals surface area contributed by atoms with E-state index in [0.29, 0.717) is 36.5 Å². The number of benzene rings is 1. The number of hydrogen-bond donors (Lipinski definition) is 2. The van der Waals surface area contributed by atoms with Crippen LogP contribution in [0.2, 0.25) is 5.02 Å². The molecule has 0 radical (unpaired) electrons. The number of anilines is 1. The molecule has 3 atom stereocenters. The fraction of sp³-hybridized carbons (Fsp3) is 0.421. The van der Waals surface area contributed by atoms with E-state index >= 15 is 0 Å². The van der Waals surface area contributed by atoms with Gasteiger partial charge < -0.3 is 15.3 Å². The van der Waals surface area contributed by atoms with Crippen molar-refractivity contribution in [3.8, 4) is 0 Å². The molecular formula is C19H21ClN2O4. The van der Waals surface area contributed by atoms with Crippen LogP contribution in [0.3, 0.4) is 0 Å². The number of aliphatic carboxylic acids is 1. The van der Waals surface area contributed by atoms with Crippen LogP contribution in [0.15, 0.2) is 36.4 Å². The molecule has 7 heteroatoms. The van der Waals surface area contributed by atoms with Crippen molar-refractivity contribution in [2.75, 3.05) is 11.4 Å². The van der Waals surface area contributed by atoms with Gasteiger partial charge in [0.05, 0.1) is 22.5 Å². The number of carbonyl (C=O) groups is 3. The molecule has 1 saturated heterocycles. The molecule has 2 amide bonds. The van der Waals surface area contributed by atoms with Crippen molar-refractivity contribution < 1.29 is 19.5 Å². The minimum Gasteiger partial charge on any atom is -0.481 e. The zero-order valence-electron chi connectivity index (χ0n) is 14.2. The Labute approximate surface area is 156 Å². The van der Waals surface area contributed by atoms with E-state index in [0.717, 1.165) is 6.42 Å². The van der Waals surface area contributed by atoms with Crippen molar-refractivity contribution in [1.29, 1.82) is 0 Å². The summed E-state index contributed by atoms with van der Waals surface area (Å²) < 4.78 is 0. The van der Waals surface area contributed by atoms with E-state index in [1.165, 1.54) is 0 Å². The monoisotopic (exact) mass is 376 g/mol.